The number of thioether (sulfide) groups is 1. The third kappa shape index (κ3) is 2.69. The lowest BCUT2D eigenvalue weighted by Crippen LogP contribution is -2.04. The molecule has 0 atom stereocenters. The minimum atomic E-state index is 0.379. The Morgan fingerprint density at radius 2 is 2.05 bits per heavy atom. The van der Waals surface area contributed by atoms with Crippen molar-refractivity contribution in [3.63, 3.8) is 0 Å². The smallest absolute Gasteiger partial charge is 0.131 e. The van der Waals surface area contributed by atoms with Crippen molar-refractivity contribution >= 4 is 40.0 Å². The fraction of sp³-hybridized carbons (Fsp3) is 0.125. The summed E-state index contributed by atoms with van der Waals surface area (Å²) in [6, 6.07) is 11.5. The highest BCUT2D eigenvalue weighted by Gasteiger charge is 2.12. The zero-order chi connectivity index (χ0) is 15.7. The van der Waals surface area contributed by atoms with Crippen LogP contribution in [0.5, 0.6) is 0 Å². The van der Waals surface area contributed by atoms with E-state index in [0.29, 0.717) is 10.9 Å². The molecule has 4 nitrogen and oxygen atoms in total. The van der Waals surface area contributed by atoms with Crippen molar-refractivity contribution in [2.45, 2.75) is 5.03 Å². The van der Waals surface area contributed by atoms with E-state index in [1.54, 1.807) is 6.07 Å². The van der Waals surface area contributed by atoms with Crippen molar-refractivity contribution in [2.75, 3.05) is 6.26 Å². The Kier molecular flexibility index (Phi) is 4.09. The molecule has 0 aliphatic heterocycles. The summed E-state index contributed by atoms with van der Waals surface area (Å²) in [6.07, 6.45) is 3.92. The number of aromatic nitrogens is 2. The lowest BCUT2D eigenvalue weighted by atomic mass is 10.0. The van der Waals surface area contributed by atoms with Gasteiger partial charge in [-0.05, 0) is 36.6 Å². The first-order chi connectivity index (χ1) is 10.6. The minimum Gasteiger partial charge on any atom is -0.410 e. The highest BCUT2D eigenvalue weighted by atomic mass is 35.5. The molecule has 3 rings (SSSR count). The lowest BCUT2D eigenvalue weighted by Gasteiger charge is -2.08. The van der Waals surface area contributed by atoms with E-state index >= 15 is 0 Å². The van der Waals surface area contributed by atoms with Crippen molar-refractivity contribution < 1.29 is 5.21 Å². The van der Waals surface area contributed by atoms with Gasteiger partial charge in [0.05, 0.1) is 5.03 Å². The summed E-state index contributed by atoms with van der Waals surface area (Å²) in [6.45, 7) is 0. The summed E-state index contributed by atoms with van der Waals surface area (Å²) in [7, 11) is 2.00. The predicted molar refractivity (Wildman–Crippen MR) is 91.4 cm³/mol. The molecule has 0 fully saturated rings. The van der Waals surface area contributed by atoms with Crippen LogP contribution in [-0.2, 0) is 7.05 Å². The van der Waals surface area contributed by atoms with E-state index in [9.17, 15) is 5.21 Å². The largest absolute Gasteiger partial charge is 0.410 e. The monoisotopic (exact) mass is 331 g/mol. The van der Waals surface area contributed by atoms with Gasteiger partial charge in [-0.2, -0.15) is 0 Å². The first kappa shape index (κ1) is 14.9. The van der Waals surface area contributed by atoms with Crippen molar-refractivity contribution in [1.82, 2.24) is 9.55 Å². The number of benzene rings is 1. The van der Waals surface area contributed by atoms with Gasteiger partial charge in [0.25, 0.3) is 0 Å². The van der Waals surface area contributed by atoms with Gasteiger partial charge in [-0.1, -0.05) is 22.8 Å². The average molecular weight is 332 g/mol. The van der Waals surface area contributed by atoms with Gasteiger partial charge in [0, 0.05) is 35.3 Å². The molecule has 0 aliphatic rings. The minimum absolute atomic E-state index is 0.379. The maximum atomic E-state index is 9.48. The Hall–Kier alpha value is -1.98. The molecule has 1 aromatic carbocycles. The number of pyridine rings is 1. The molecule has 0 aliphatic carbocycles. The van der Waals surface area contributed by atoms with Crippen LogP contribution in [0.1, 0.15) is 11.1 Å². The second kappa shape index (κ2) is 6.02. The number of oxime groups is 1. The van der Waals surface area contributed by atoms with Crippen LogP contribution in [0.25, 0.3) is 10.9 Å². The second-order valence-electron chi connectivity index (χ2n) is 4.87. The molecule has 0 radical (unpaired) electrons. The van der Waals surface area contributed by atoms with Crippen molar-refractivity contribution in [3.05, 3.63) is 58.9 Å². The molecule has 0 saturated carbocycles. The molecule has 6 heteroatoms. The Bertz CT molecular complexity index is 873. The quantitative estimate of drug-likeness (QED) is 0.257. The van der Waals surface area contributed by atoms with Crippen molar-refractivity contribution in [2.24, 2.45) is 12.2 Å². The van der Waals surface area contributed by atoms with E-state index < -0.39 is 0 Å². The first-order valence-electron chi connectivity index (χ1n) is 6.62. The normalized spacial score (nSPS) is 12.0. The van der Waals surface area contributed by atoms with Crippen molar-refractivity contribution in [3.8, 4) is 0 Å². The van der Waals surface area contributed by atoms with Crippen LogP contribution in [0.15, 0.2) is 52.8 Å². The summed E-state index contributed by atoms with van der Waals surface area (Å²) in [5.74, 6) is 0. The van der Waals surface area contributed by atoms with E-state index in [1.165, 1.54) is 11.8 Å². The highest BCUT2D eigenvalue weighted by Crippen LogP contribution is 2.23. The number of fused-ring (bicyclic) bond motifs is 1. The average Bonchev–Trinajstić information content (AvgIpc) is 2.88. The van der Waals surface area contributed by atoms with Gasteiger partial charge in [-0.25, -0.2) is 4.98 Å². The van der Waals surface area contributed by atoms with Gasteiger partial charge in [0.1, 0.15) is 10.9 Å². The summed E-state index contributed by atoms with van der Waals surface area (Å²) < 4.78 is 2.05. The SMILES string of the molecule is CSc1cc(/C(=N/O)c2ccc3c(ccn3C)c2)cc(Cl)n1. The fourth-order valence-corrected chi connectivity index (χ4v) is 3.12. The van der Waals surface area contributed by atoms with Crippen LogP contribution >= 0.6 is 23.4 Å². The number of hydrogen-bond acceptors (Lipinski definition) is 4. The molecule has 0 saturated heterocycles. The topological polar surface area (TPSA) is 50.4 Å². The van der Waals surface area contributed by atoms with Gasteiger partial charge >= 0.3 is 0 Å². The summed E-state index contributed by atoms with van der Waals surface area (Å²) in [5, 5.41) is 15.2. The standard InChI is InChI=1S/C16H14ClN3OS/c1-20-6-5-10-7-11(3-4-13(10)20)16(19-21)12-8-14(17)18-15(9-12)22-2/h3-9,21H,1-2H3/b19-16+. The van der Waals surface area contributed by atoms with E-state index in [1.807, 2.05) is 54.4 Å². The molecule has 0 amide bonds. The molecule has 2 heterocycles. The number of hydrogen-bond donors (Lipinski definition) is 1. The molecular formula is C16H14ClN3OS. The van der Waals surface area contributed by atoms with Gasteiger partial charge < -0.3 is 9.77 Å². The third-order valence-electron chi connectivity index (χ3n) is 3.51. The Labute approximate surface area is 137 Å². The molecule has 2 aromatic heterocycles. The molecule has 22 heavy (non-hydrogen) atoms. The fourth-order valence-electron chi connectivity index (χ4n) is 2.43. The van der Waals surface area contributed by atoms with Crippen LogP contribution in [0.2, 0.25) is 5.15 Å². The van der Waals surface area contributed by atoms with E-state index in [4.69, 9.17) is 11.6 Å². The van der Waals surface area contributed by atoms with E-state index in [-0.39, 0.29) is 0 Å². The number of halogens is 1. The Balaban J connectivity index is 2.11. The van der Waals surface area contributed by atoms with Crippen LogP contribution < -0.4 is 0 Å². The second-order valence-corrected chi connectivity index (χ2v) is 6.08. The molecule has 112 valence electrons. The maximum absolute atomic E-state index is 9.48. The maximum Gasteiger partial charge on any atom is 0.131 e. The van der Waals surface area contributed by atoms with E-state index in [0.717, 1.165) is 27.1 Å². The van der Waals surface area contributed by atoms with Crippen LogP contribution in [0.4, 0.5) is 0 Å². The molecule has 0 bridgehead atoms. The zero-order valence-corrected chi connectivity index (χ0v) is 13.7. The number of nitrogens with zero attached hydrogens (tertiary/aromatic N) is 3. The number of rotatable bonds is 3. The Morgan fingerprint density at radius 3 is 2.77 bits per heavy atom. The van der Waals surface area contributed by atoms with Gasteiger partial charge in [0.15, 0.2) is 0 Å². The highest BCUT2D eigenvalue weighted by molar-refractivity contribution is 7.98. The molecule has 0 unspecified atom stereocenters. The number of aryl methyl sites for hydroxylation is 1. The summed E-state index contributed by atoms with van der Waals surface area (Å²) >= 11 is 7.54. The van der Waals surface area contributed by atoms with Gasteiger partial charge in [0.2, 0.25) is 0 Å². The van der Waals surface area contributed by atoms with Crippen LogP contribution in [-0.4, -0.2) is 26.7 Å². The van der Waals surface area contributed by atoms with Crippen LogP contribution in [0.3, 0.4) is 0 Å². The predicted octanol–water partition coefficient (Wildman–Crippen LogP) is 4.18. The van der Waals surface area contributed by atoms with E-state index in [2.05, 4.69) is 10.1 Å². The van der Waals surface area contributed by atoms with Crippen LogP contribution in [0, 0.1) is 0 Å². The Morgan fingerprint density at radius 1 is 1.23 bits per heavy atom. The third-order valence-corrected chi connectivity index (χ3v) is 4.33. The van der Waals surface area contributed by atoms with Gasteiger partial charge in [-0.3, -0.25) is 0 Å². The molecular weight excluding hydrogens is 318 g/mol. The van der Waals surface area contributed by atoms with Gasteiger partial charge in [-0.15, -0.1) is 11.8 Å². The summed E-state index contributed by atoms with van der Waals surface area (Å²) in [4.78, 5) is 4.20. The zero-order valence-electron chi connectivity index (χ0n) is 12.1. The van der Waals surface area contributed by atoms with Crippen molar-refractivity contribution in [1.29, 1.82) is 0 Å². The molecule has 3 aromatic rings. The summed E-state index contributed by atoms with van der Waals surface area (Å²) in [5.41, 5.74) is 3.17. The molecule has 0 spiro atoms. The first-order valence-corrected chi connectivity index (χ1v) is 8.22. The lowest BCUT2D eigenvalue weighted by molar-refractivity contribution is 0.319. The molecule has 1 N–H and O–H groups in total.